The van der Waals surface area contributed by atoms with Crippen LogP contribution < -0.4 is 10.0 Å². The van der Waals surface area contributed by atoms with Crippen LogP contribution in [0.1, 0.15) is 12.5 Å². The second-order valence-electron chi connectivity index (χ2n) is 3.64. The summed E-state index contributed by atoms with van der Waals surface area (Å²) in [4.78, 5) is 0. The lowest BCUT2D eigenvalue weighted by Crippen LogP contribution is -2.32. The maximum absolute atomic E-state index is 12.9. The molecule has 0 heterocycles. The molecule has 0 aliphatic carbocycles. The first-order valence-electron chi connectivity index (χ1n) is 5.46. The molecule has 18 heavy (non-hydrogen) atoms. The molecule has 0 amide bonds. The molecule has 0 aliphatic rings. The average molecular weight is 297 g/mol. The lowest BCUT2D eigenvalue weighted by Gasteiger charge is -2.07. The molecule has 104 valence electrons. The van der Waals surface area contributed by atoms with Gasteiger partial charge in [0, 0.05) is 13.1 Å². The predicted octanol–water partition coefficient (Wildman–Crippen LogP) is 1.28. The van der Waals surface area contributed by atoms with E-state index in [0.29, 0.717) is 18.7 Å². The molecule has 0 saturated carbocycles. The van der Waals surface area contributed by atoms with Crippen LogP contribution in [0.15, 0.2) is 24.3 Å². The fourth-order valence-electron chi connectivity index (χ4n) is 1.37. The summed E-state index contributed by atoms with van der Waals surface area (Å²) in [5.74, 6) is -0.623. The normalized spacial score (nSPS) is 11.0. The summed E-state index contributed by atoms with van der Waals surface area (Å²) < 4.78 is 38.5. The molecule has 0 unspecified atom stereocenters. The Balaban J connectivity index is 0.00000289. The summed E-state index contributed by atoms with van der Waals surface area (Å²) in [5.41, 5.74) is 0.445. The fourth-order valence-corrected chi connectivity index (χ4v) is 2.50. The molecule has 0 bridgehead atoms. The van der Waals surface area contributed by atoms with E-state index in [-0.39, 0.29) is 18.2 Å². The molecule has 4 nitrogen and oxygen atoms in total. The first kappa shape index (κ1) is 17.3. The van der Waals surface area contributed by atoms with Gasteiger partial charge in [0.1, 0.15) is 5.82 Å². The van der Waals surface area contributed by atoms with Crippen LogP contribution in [-0.2, 0) is 15.8 Å². The second kappa shape index (κ2) is 8.42. The van der Waals surface area contributed by atoms with E-state index in [4.69, 9.17) is 0 Å². The number of likely N-dealkylation sites (N-methyl/N-ethyl adjacent to an activating group) is 1. The fraction of sp³-hybridized carbons (Fsp3) is 0.455. The summed E-state index contributed by atoms with van der Waals surface area (Å²) >= 11 is 0. The van der Waals surface area contributed by atoms with Gasteiger partial charge in [0.25, 0.3) is 0 Å². The van der Waals surface area contributed by atoms with Gasteiger partial charge in [-0.3, -0.25) is 0 Å². The zero-order chi connectivity index (χ0) is 12.7. The maximum Gasteiger partial charge on any atom is 0.215 e. The van der Waals surface area contributed by atoms with Gasteiger partial charge < -0.3 is 5.32 Å². The van der Waals surface area contributed by atoms with Gasteiger partial charge in [-0.2, -0.15) is 0 Å². The highest BCUT2D eigenvalue weighted by Gasteiger charge is 2.10. The highest BCUT2D eigenvalue weighted by molar-refractivity contribution is 7.88. The third-order valence-corrected chi connectivity index (χ3v) is 3.48. The van der Waals surface area contributed by atoms with Crippen molar-refractivity contribution in [3.63, 3.8) is 0 Å². The van der Waals surface area contributed by atoms with E-state index >= 15 is 0 Å². The number of hydrogen-bond acceptors (Lipinski definition) is 3. The van der Waals surface area contributed by atoms with Crippen molar-refractivity contribution in [1.82, 2.24) is 10.0 Å². The molecule has 1 aromatic carbocycles. The van der Waals surface area contributed by atoms with Crippen molar-refractivity contribution in [1.29, 1.82) is 0 Å². The van der Waals surface area contributed by atoms with Crippen molar-refractivity contribution in [2.75, 3.05) is 19.6 Å². The Morgan fingerprint density at radius 2 is 2.00 bits per heavy atom. The van der Waals surface area contributed by atoms with Crippen LogP contribution in [-0.4, -0.2) is 28.1 Å². The van der Waals surface area contributed by atoms with Gasteiger partial charge in [-0.15, -0.1) is 12.4 Å². The van der Waals surface area contributed by atoms with Gasteiger partial charge in [-0.1, -0.05) is 19.1 Å². The molecule has 0 saturated heterocycles. The number of rotatable bonds is 7. The van der Waals surface area contributed by atoms with Crippen LogP contribution in [0.5, 0.6) is 0 Å². The minimum atomic E-state index is -3.39. The van der Waals surface area contributed by atoms with E-state index < -0.39 is 15.8 Å². The van der Waals surface area contributed by atoms with Crippen LogP contribution in [0.4, 0.5) is 4.39 Å². The van der Waals surface area contributed by atoms with Gasteiger partial charge in [0.2, 0.25) is 10.0 Å². The third kappa shape index (κ3) is 6.90. The largest absolute Gasteiger partial charge is 0.316 e. The molecule has 1 aromatic rings. The van der Waals surface area contributed by atoms with Gasteiger partial charge in [-0.25, -0.2) is 17.5 Å². The zero-order valence-corrected chi connectivity index (χ0v) is 11.8. The Hall–Kier alpha value is -0.690. The van der Waals surface area contributed by atoms with Crippen LogP contribution in [0.25, 0.3) is 0 Å². The van der Waals surface area contributed by atoms with E-state index in [2.05, 4.69) is 10.0 Å². The summed E-state index contributed by atoms with van der Waals surface area (Å²) in [6.07, 6.45) is 0. The minimum absolute atomic E-state index is 0. The van der Waals surface area contributed by atoms with Gasteiger partial charge in [0.05, 0.1) is 5.75 Å². The van der Waals surface area contributed by atoms with E-state index in [9.17, 15) is 12.8 Å². The van der Waals surface area contributed by atoms with Crippen LogP contribution >= 0.6 is 12.4 Å². The highest BCUT2D eigenvalue weighted by Crippen LogP contribution is 2.06. The number of sulfonamides is 1. The topological polar surface area (TPSA) is 58.2 Å². The second-order valence-corrected chi connectivity index (χ2v) is 5.44. The molecule has 0 fully saturated rings. The quantitative estimate of drug-likeness (QED) is 0.745. The highest BCUT2D eigenvalue weighted by atomic mass is 35.5. The smallest absolute Gasteiger partial charge is 0.215 e. The molecule has 0 aliphatic heterocycles. The van der Waals surface area contributed by atoms with Crippen molar-refractivity contribution in [2.45, 2.75) is 12.7 Å². The average Bonchev–Trinajstić information content (AvgIpc) is 2.24. The Morgan fingerprint density at radius 3 is 2.61 bits per heavy atom. The molecular weight excluding hydrogens is 279 g/mol. The van der Waals surface area contributed by atoms with E-state index in [1.165, 1.54) is 18.2 Å². The molecule has 0 atom stereocenters. The van der Waals surface area contributed by atoms with Crippen molar-refractivity contribution >= 4 is 22.4 Å². The Labute approximate surface area is 113 Å². The van der Waals surface area contributed by atoms with Crippen LogP contribution in [0.2, 0.25) is 0 Å². The molecule has 0 spiro atoms. The summed E-state index contributed by atoms with van der Waals surface area (Å²) in [6, 6.07) is 5.60. The standard InChI is InChI=1S/C11H17FN2O2S.ClH/c1-2-13-6-7-14-17(15,16)9-10-4-3-5-11(12)8-10;/h3-5,8,13-14H,2,6-7,9H2,1H3;1H. The molecule has 0 aromatic heterocycles. The predicted molar refractivity (Wildman–Crippen MR) is 72.8 cm³/mol. The molecule has 2 N–H and O–H groups in total. The zero-order valence-electron chi connectivity index (χ0n) is 10.1. The molecule has 7 heteroatoms. The van der Waals surface area contributed by atoms with Crippen molar-refractivity contribution in [3.05, 3.63) is 35.6 Å². The van der Waals surface area contributed by atoms with Gasteiger partial charge in [0.15, 0.2) is 0 Å². The lowest BCUT2D eigenvalue weighted by molar-refractivity contribution is 0.576. The Bertz CT molecular complexity index is 454. The first-order chi connectivity index (χ1) is 8.03. The Kier molecular flexibility index (Phi) is 8.10. The molecule has 0 radical (unpaired) electrons. The van der Waals surface area contributed by atoms with Crippen molar-refractivity contribution in [3.8, 4) is 0 Å². The summed E-state index contributed by atoms with van der Waals surface area (Å²) in [6.45, 7) is 3.66. The monoisotopic (exact) mass is 296 g/mol. The lowest BCUT2D eigenvalue weighted by atomic mass is 10.2. The number of halogens is 2. The van der Waals surface area contributed by atoms with E-state index in [1.807, 2.05) is 6.92 Å². The van der Waals surface area contributed by atoms with Crippen molar-refractivity contribution < 1.29 is 12.8 Å². The number of nitrogens with one attached hydrogen (secondary N) is 2. The van der Waals surface area contributed by atoms with Crippen LogP contribution in [0, 0.1) is 5.82 Å². The van der Waals surface area contributed by atoms with Gasteiger partial charge >= 0.3 is 0 Å². The van der Waals surface area contributed by atoms with Gasteiger partial charge in [-0.05, 0) is 24.2 Å². The Morgan fingerprint density at radius 1 is 1.28 bits per heavy atom. The van der Waals surface area contributed by atoms with Crippen LogP contribution in [0.3, 0.4) is 0 Å². The summed E-state index contributed by atoms with van der Waals surface area (Å²) in [5, 5.41) is 3.01. The summed E-state index contributed by atoms with van der Waals surface area (Å²) in [7, 11) is -3.39. The first-order valence-corrected chi connectivity index (χ1v) is 7.11. The molecular formula is C11H18ClFN2O2S. The third-order valence-electron chi connectivity index (χ3n) is 2.12. The maximum atomic E-state index is 12.9. The number of hydrogen-bond donors (Lipinski definition) is 2. The van der Waals surface area contributed by atoms with E-state index in [1.54, 1.807) is 6.07 Å². The number of benzene rings is 1. The van der Waals surface area contributed by atoms with E-state index in [0.717, 1.165) is 6.54 Å². The SMILES string of the molecule is CCNCCNS(=O)(=O)Cc1cccc(F)c1.Cl. The minimum Gasteiger partial charge on any atom is -0.316 e. The van der Waals surface area contributed by atoms with Crippen molar-refractivity contribution in [2.24, 2.45) is 0 Å². The molecule has 1 rings (SSSR count).